The van der Waals surface area contributed by atoms with E-state index in [0.717, 1.165) is 30.1 Å². The van der Waals surface area contributed by atoms with Crippen LogP contribution in [0.25, 0.3) is 0 Å². The van der Waals surface area contributed by atoms with Crippen LogP contribution in [0.2, 0.25) is 0 Å². The standard InChI is InChI=1S/C16H21N3O2/c1-3-17-15-6-4-5-12-9-13(7-8-14(12)15)20-10-16-11(2)18-21-19-16/h7-9,15,17H,3-6,10H2,1-2H3. The number of hydrogen-bond donors (Lipinski definition) is 1. The fourth-order valence-corrected chi connectivity index (χ4v) is 2.87. The van der Waals surface area contributed by atoms with Gasteiger partial charge in [-0.2, -0.15) is 0 Å². The molecule has 1 aromatic carbocycles. The Morgan fingerprint density at radius 1 is 1.38 bits per heavy atom. The summed E-state index contributed by atoms with van der Waals surface area (Å²) in [4.78, 5) is 0. The SMILES string of the molecule is CCNC1CCCc2cc(OCc3nonc3C)ccc21. The first-order chi connectivity index (χ1) is 10.3. The van der Waals surface area contributed by atoms with E-state index in [1.54, 1.807) is 0 Å². The van der Waals surface area contributed by atoms with Gasteiger partial charge >= 0.3 is 0 Å². The first-order valence-electron chi connectivity index (χ1n) is 7.55. The van der Waals surface area contributed by atoms with Crippen molar-refractivity contribution in [3.63, 3.8) is 0 Å². The second-order valence-electron chi connectivity index (χ2n) is 5.45. The summed E-state index contributed by atoms with van der Waals surface area (Å²) >= 11 is 0. The Morgan fingerprint density at radius 3 is 3.05 bits per heavy atom. The molecule has 5 nitrogen and oxygen atoms in total. The molecule has 0 bridgehead atoms. The monoisotopic (exact) mass is 287 g/mol. The van der Waals surface area contributed by atoms with E-state index in [1.165, 1.54) is 24.0 Å². The Hall–Kier alpha value is -1.88. The molecule has 0 saturated heterocycles. The van der Waals surface area contributed by atoms with Crippen molar-refractivity contribution < 1.29 is 9.37 Å². The van der Waals surface area contributed by atoms with Gasteiger partial charge in [-0.05, 0) is 56.0 Å². The van der Waals surface area contributed by atoms with Crippen molar-refractivity contribution in [2.24, 2.45) is 0 Å². The van der Waals surface area contributed by atoms with Crippen LogP contribution in [-0.2, 0) is 13.0 Å². The molecule has 2 aromatic rings. The van der Waals surface area contributed by atoms with Crippen molar-refractivity contribution >= 4 is 0 Å². The molecule has 0 radical (unpaired) electrons. The second kappa shape index (κ2) is 6.26. The zero-order chi connectivity index (χ0) is 14.7. The number of aryl methyl sites for hydroxylation is 2. The summed E-state index contributed by atoms with van der Waals surface area (Å²) in [5.74, 6) is 0.883. The molecule has 1 unspecified atom stereocenters. The lowest BCUT2D eigenvalue weighted by Crippen LogP contribution is -2.24. The Bertz CT molecular complexity index is 609. The Labute approximate surface area is 124 Å². The van der Waals surface area contributed by atoms with Gasteiger partial charge in [0.05, 0.1) is 0 Å². The van der Waals surface area contributed by atoms with Gasteiger partial charge in [-0.15, -0.1) is 0 Å². The summed E-state index contributed by atoms with van der Waals surface area (Å²) in [6, 6.07) is 6.86. The zero-order valence-corrected chi connectivity index (χ0v) is 12.6. The molecule has 0 fully saturated rings. The lowest BCUT2D eigenvalue weighted by atomic mass is 9.87. The average molecular weight is 287 g/mol. The van der Waals surface area contributed by atoms with Gasteiger partial charge in [0.15, 0.2) is 0 Å². The largest absolute Gasteiger partial charge is 0.487 e. The number of benzene rings is 1. The predicted molar refractivity (Wildman–Crippen MR) is 79.2 cm³/mol. The minimum Gasteiger partial charge on any atom is -0.487 e. The number of nitrogens with zero attached hydrogens (tertiary/aromatic N) is 2. The van der Waals surface area contributed by atoms with Crippen molar-refractivity contribution in [2.45, 2.75) is 45.8 Å². The van der Waals surface area contributed by atoms with E-state index in [2.05, 4.69) is 39.3 Å². The maximum absolute atomic E-state index is 5.81. The number of ether oxygens (including phenoxy) is 1. The molecule has 3 rings (SSSR count). The van der Waals surface area contributed by atoms with E-state index in [4.69, 9.17) is 4.74 Å². The Morgan fingerprint density at radius 2 is 2.29 bits per heavy atom. The van der Waals surface area contributed by atoms with Crippen LogP contribution in [0.1, 0.15) is 48.3 Å². The van der Waals surface area contributed by atoms with Gasteiger partial charge in [0.25, 0.3) is 0 Å². The quantitative estimate of drug-likeness (QED) is 0.916. The van der Waals surface area contributed by atoms with Gasteiger partial charge in [-0.25, -0.2) is 4.63 Å². The number of hydrogen-bond acceptors (Lipinski definition) is 5. The highest BCUT2D eigenvalue weighted by molar-refractivity contribution is 5.39. The van der Waals surface area contributed by atoms with Gasteiger partial charge in [-0.1, -0.05) is 23.3 Å². The van der Waals surface area contributed by atoms with E-state index in [-0.39, 0.29) is 0 Å². The van der Waals surface area contributed by atoms with Crippen molar-refractivity contribution in [1.82, 2.24) is 15.6 Å². The predicted octanol–water partition coefficient (Wildman–Crippen LogP) is 2.94. The van der Waals surface area contributed by atoms with Crippen LogP contribution in [0.15, 0.2) is 22.8 Å². The molecule has 1 aromatic heterocycles. The number of nitrogens with one attached hydrogen (secondary N) is 1. The molecule has 21 heavy (non-hydrogen) atoms. The fraction of sp³-hybridized carbons (Fsp3) is 0.500. The number of aromatic nitrogens is 2. The van der Waals surface area contributed by atoms with E-state index < -0.39 is 0 Å². The van der Waals surface area contributed by atoms with E-state index >= 15 is 0 Å². The molecule has 1 aliphatic rings. The van der Waals surface area contributed by atoms with Crippen LogP contribution < -0.4 is 10.1 Å². The highest BCUT2D eigenvalue weighted by Gasteiger charge is 2.19. The van der Waals surface area contributed by atoms with Crippen LogP contribution in [0.5, 0.6) is 5.75 Å². The smallest absolute Gasteiger partial charge is 0.145 e. The first kappa shape index (κ1) is 14.1. The van der Waals surface area contributed by atoms with E-state index in [9.17, 15) is 0 Å². The topological polar surface area (TPSA) is 60.2 Å². The normalized spacial score (nSPS) is 17.5. The third-order valence-corrected chi connectivity index (χ3v) is 4.00. The highest BCUT2D eigenvalue weighted by atomic mass is 16.6. The second-order valence-corrected chi connectivity index (χ2v) is 5.45. The van der Waals surface area contributed by atoms with E-state index in [0.29, 0.717) is 12.6 Å². The first-order valence-corrected chi connectivity index (χ1v) is 7.55. The molecule has 112 valence electrons. The molecule has 1 N–H and O–H groups in total. The van der Waals surface area contributed by atoms with Crippen LogP contribution in [-0.4, -0.2) is 16.9 Å². The van der Waals surface area contributed by atoms with Gasteiger partial charge < -0.3 is 10.1 Å². The maximum atomic E-state index is 5.81. The van der Waals surface area contributed by atoms with Crippen molar-refractivity contribution in [3.05, 3.63) is 40.7 Å². The summed E-state index contributed by atoms with van der Waals surface area (Å²) < 4.78 is 10.5. The molecule has 5 heteroatoms. The molecular weight excluding hydrogens is 266 g/mol. The van der Waals surface area contributed by atoms with Crippen LogP contribution in [0.4, 0.5) is 0 Å². The Kier molecular flexibility index (Phi) is 4.20. The highest BCUT2D eigenvalue weighted by Crippen LogP contribution is 2.32. The lowest BCUT2D eigenvalue weighted by Gasteiger charge is -2.26. The third-order valence-electron chi connectivity index (χ3n) is 4.00. The molecule has 0 spiro atoms. The van der Waals surface area contributed by atoms with Crippen LogP contribution in [0, 0.1) is 6.92 Å². The average Bonchev–Trinajstić information content (AvgIpc) is 2.91. The van der Waals surface area contributed by atoms with Gasteiger partial charge in [0.2, 0.25) is 0 Å². The minimum atomic E-state index is 0.394. The summed E-state index contributed by atoms with van der Waals surface area (Å²) in [6.45, 7) is 5.41. The number of fused-ring (bicyclic) bond motifs is 1. The maximum Gasteiger partial charge on any atom is 0.145 e. The van der Waals surface area contributed by atoms with Crippen molar-refractivity contribution in [1.29, 1.82) is 0 Å². The molecular formula is C16H21N3O2. The van der Waals surface area contributed by atoms with Gasteiger partial charge in [0.1, 0.15) is 23.7 Å². The number of rotatable bonds is 5. The Balaban J connectivity index is 1.72. The van der Waals surface area contributed by atoms with Crippen LogP contribution in [0.3, 0.4) is 0 Å². The van der Waals surface area contributed by atoms with Gasteiger partial charge in [-0.3, -0.25) is 0 Å². The van der Waals surface area contributed by atoms with Crippen molar-refractivity contribution in [2.75, 3.05) is 6.54 Å². The van der Waals surface area contributed by atoms with Crippen LogP contribution >= 0.6 is 0 Å². The van der Waals surface area contributed by atoms with Gasteiger partial charge in [0, 0.05) is 6.04 Å². The molecule has 0 saturated carbocycles. The molecule has 0 aliphatic heterocycles. The minimum absolute atomic E-state index is 0.394. The third kappa shape index (κ3) is 3.08. The van der Waals surface area contributed by atoms with E-state index in [1.807, 2.05) is 13.0 Å². The van der Waals surface area contributed by atoms with Crippen molar-refractivity contribution in [3.8, 4) is 5.75 Å². The summed E-state index contributed by atoms with van der Waals surface area (Å²) in [5, 5.41) is 11.1. The molecule has 1 atom stereocenters. The molecule has 1 heterocycles. The zero-order valence-electron chi connectivity index (χ0n) is 12.6. The summed E-state index contributed by atoms with van der Waals surface area (Å²) in [7, 11) is 0. The molecule has 1 aliphatic carbocycles. The fourth-order valence-electron chi connectivity index (χ4n) is 2.87. The lowest BCUT2D eigenvalue weighted by molar-refractivity contribution is 0.269. The summed E-state index contributed by atoms with van der Waals surface area (Å²) in [6.07, 6.45) is 3.56. The molecule has 0 amide bonds. The summed E-state index contributed by atoms with van der Waals surface area (Å²) in [5.41, 5.74) is 4.33.